The molecule has 9 heteroatoms. The van der Waals surface area contributed by atoms with E-state index in [0.29, 0.717) is 44.5 Å². The fourth-order valence-electron chi connectivity index (χ4n) is 2.22. The highest BCUT2D eigenvalue weighted by atomic mass is 79.9. The summed E-state index contributed by atoms with van der Waals surface area (Å²) in [4.78, 5) is 0. The van der Waals surface area contributed by atoms with Crippen LogP contribution in [-0.4, -0.2) is 32.4 Å². The Hall–Kier alpha value is -0.770. The molecule has 1 aromatic carbocycles. The van der Waals surface area contributed by atoms with Gasteiger partial charge in [-0.3, -0.25) is 4.72 Å². The van der Waals surface area contributed by atoms with E-state index < -0.39 is 21.8 Å². The number of nitrogens with one attached hydrogen (secondary N) is 1. The van der Waals surface area contributed by atoms with Crippen LogP contribution < -0.4 is 10.5 Å². The first kappa shape index (κ1) is 16.6. The Morgan fingerprint density at radius 3 is 2.48 bits per heavy atom. The van der Waals surface area contributed by atoms with Gasteiger partial charge in [0.15, 0.2) is 5.82 Å². The van der Waals surface area contributed by atoms with Crippen LogP contribution in [0.25, 0.3) is 0 Å². The molecule has 5 nitrogen and oxygen atoms in total. The summed E-state index contributed by atoms with van der Waals surface area (Å²) in [6.07, 6.45) is 1.34. The summed E-state index contributed by atoms with van der Waals surface area (Å²) in [7, 11) is -3.88. The Labute approximate surface area is 130 Å². The number of nitrogens with zero attached hydrogens (tertiary/aromatic N) is 1. The van der Waals surface area contributed by atoms with Crippen molar-refractivity contribution in [3.63, 3.8) is 0 Å². The largest absolute Gasteiger partial charge is 0.330 e. The van der Waals surface area contributed by atoms with E-state index in [1.165, 1.54) is 4.31 Å². The van der Waals surface area contributed by atoms with Crippen LogP contribution in [0.4, 0.5) is 14.5 Å². The second-order valence-corrected chi connectivity index (χ2v) is 7.45. The summed E-state index contributed by atoms with van der Waals surface area (Å²) < 4.78 is 54.6. The Kier molecular flexibility index (Phi) is 5.18. The molecule has 3 N–H and O–H groups in total. The lowest BCUT2D eigenvalue weighted by molar-refractivity contribution is 0.280. The summed E-state index contributed by atoms with van der Waals surface area (Å²) in [6, 6.07) is 1.63. The number of hydrogen-bond donors (Lipinski definition) is 2. The van der Waals surface area contributed by atoms with E-state index >= 15 is 0 Å². The highest BCUT2D eigenvalue weighted by Crippen LogP contribution is 2.29. The zero-order chi connectivity index (χ0) is 15.6. The van der Waals surface area contributed by atoms with Crippen LogP contribution in [0.3, 0.4) is 0 Å². The van der Waals surface area contributed by atoms with Gasteiger partial charge < -0.3 is 5.73 Å². The fourth-order valence-corrected chi connectivity index (χ4v) is 4.14. The molecule has 1 aliphatic rings. The van der Waals surface area contributed by atoms with Crippen LogP contribution in [-0.2, 0) is 10.2 Å². The van der Waals surface area contributed by atoms with Crippen LogP contribution in [0.15, 0.2) is 16.6 Å². The van der Waals surface area contributed by atoms with Gasteiger partial charge in [-0.2, -0.15) is 12.7 Å². The standard InChI is InChI=1S/C12H16BrF2N3O2S/c13-10-5-9(14)6-11(15)12(10)17-21(19,20)18-3-1-8(7-16)2-4-18/h5-6,8,17H,1-4,7,16H2. The first-order valence-corrected chi connectivity index (χ1v) is 8.69. The summed E-state index contributed by atoms with van der Waals surface area (Å²) in [5.74, 6) is -1.45. The van der Waals surface area contributed by atoms with Gasteiger partial charge in [0.25, 0.3) is 0 Å². The molecule has 1 aliphatic heterocycles. The Bertz CT molecular complexity index is 596. The summed E-state index contributed by atoms with van der Waals surface area (Å²) in [5, 5.41) is 0. The maximum absolute atomic E-state index is 13.7. The number of hydrogen-bond acceptors (Lipinski definition) is 3. The smallest absolute Gasteiger partial charge is 0.301 e. The summed E-state index contributed by atoms with van der Waals surface area (Å²) in [5.41, 5.74) is 5.27. The van der Waals surface area contributed by atoms with Crippen molar-refractivity contribution >= 4 is 31.8 Å². The van der Waals surface area contributed by atoms with E-state index in [1.54, 1.807) is 0 Å². The van der Waals surface area contributed by atoms with Gasteiger partial charge in [-0.25, -0.2) is 8.78 Å². The quantitative estimate of drug-likeness (QED) is 0.835. The molecular formula is C12H16BrF2N3O2S. The second-order valence-electron chi connectivity index (χ2n) is 4.93. The predicted octanol–water partition coefficient (Wildman–Crippen LogP) is 2.05. The third-order valence-electron chi connectivity index (χ3n) is 3.48. The molecule has 0 radical (unpaired) electrons. The predicted molar refractivity (Wildman–Crippen MR) is 80.0 cm³/mol. The van der Waals surface area contributed by atoms with Crippen LogP contribution in [0.5, 0.6) is 0 Å². The molecule has 0 aromatic heterocycles. The molecule has 2 rings (SSSR count). The number of nitrogens with two attached hydrogens (primary N) is 1. The number of anilines is 1. The van der Waals surface area contributed by atoms with Gasteiger partial charge in [0.2, 0.25) is 0 Å². The van der Waals surface area contributed by atoms with E-state index in [9.17, 15) is 17.2 Å². The van der Waals surface area contributed by atoms with Gasteiger partial charge in [0, 0.05) is 23.6 Å². The van der Waals surface area contributed by atoms with E-state index in [1.807, 2.05) is 0 Å². The topological polar surface area (TPSA) is 75.4 Å². The third kappa shape index (κ3) is 3.91. The van der Waals surface area contributed by atoms with Crippen LogP contribution in [0.2, 0.25) is 0 Å². The highest BCUT2D eigenvalue weighted by Gasteiger charge is 2.28. The molecule has 1 fully saturated rings. The van der Waals surface area contributed by atoms with Crippen LogP contribution >= 0.6 is 15.9 Å². The minimum atomic E-state index is -3.88. The first-order chi connectivity index (χ1) is 9.83. The van der Waals surface area contributed by atoms with Gasteiger partial charge in [-0.1, -0.05) is 0 Å². The van der Waals surface area contributed by atoms with Gasteiger partial charge in [0.1, 0.15) is 5.82 Å². The molecule has 0 atom stereocenters. The normalized spacial score (nSPS) is 17.9. The number of halogens is 3. The second kappa shape index (κ2) is 6.55. The minimum Gasteiger partial charge on any atom is -0.330 e. The number of piperidine rings is 1. The molecule has 0 amide bonds. The van der Waals surface area contributed by atoms with E-state index in [4.69, 9.17) is 5.73 Å². The molecule has 1 saturated heterocycles. The SMILES string of the molecule is NCC1CCN(S(=O)(=O)Nc2c(F)cc(F)cc2Br)CC1. The van der Waals surface area contributed by atoms with Crippen molar-refractivity contribution in [2.24, 2.45) is 11.7 Å². The molecule has 118 valence electrons. The van der Waals surface area contributed by atoms with E-state index in [2.05, 4.69) is 20.7 Å². The maximum Gasteiger partial charge on any atom is 0.301 e. The molecular weight excluding hydrogens is 368 g/mol. The Balaban J connectivity index is 2.15. The Morgan fingerprint density at radius 2 is 1.95 bits per heavy atom. The molecule has 1 aromatic rings. The molecule has 0 spiro atoms. The summed E-state index contributed by atoms with van der Waals surface area (Å²) in [6.45, 7) is 1.19. The van der Waals surface area contributed by atoms with Gasteiger partial charge >= 0.3 is 10.2 Å². The number of rotatable bonds is 4. The third-order valence-corrected chi connectivity index (χ3v) is 5.62. The lowest BCUT2D eigenvalue weighted by Crippen LogP contribution is -2.42. The van der Waals surface area contributed by atoms with Crippen LogP contribution in [0.1, 0.15) is 12.8 Å². The van der Waals surface area contributed by atoms with E-state index in [-0.39, 0.29) is 10.2 Å². The van der Waals surface area contributed by atoms with Crippen molar-refractivity contribution in [1.82, 2.24) is 4.31 Å². The van der Waals surface area contributed by atoms with Crippen LogP contribution in [0, 0.1) is 17.6 Å². The number of benzene rings is 1. The highest BCUT2D eigenvalue weighted by molar-refractivity contribution is 9.10. The lowest BCUT2D eigenvalue weighted by atomic mass is 9.99. The molecule has 1 heterocycles. The maximum atomic E-state index is 13.7. The van der Waals surface area contributed by atoms with Crippen molar-refractivity contribution < 1.29 is 17.2 Å². The van der Waals surface area contributed by atoms with E-state index in [0.717, 1.165) is 6.07 Å². The lowest BCUT2D eigenvalue weighted by Gasteiger charge is -2.30. The zero-order valence-electron chi connectivity index (χ0n) is 11.2. The average Bonchev–Trinajstić information content (AvgIpc) is 2.43. The monoisotopic (exact) mass is 383 g/mol. The van der Waals surface area contributed by atoms with Gasteiger partial charge in [-0.05, 0) is 47.3 Å². The molecule has 21 heavy (non-hydrogen) atoms. The van der Waals surface area contributed by atoms with Crippen molar-refractivity contribution in [2.75, 3.05) is 24.4 Å². The fraction of sp³-hybridized carbons (Fsp3) is 0.500. The molecule has 0 saturated carbocycles. The zero-order valence-corrected chi connectivity index (χ0v) is 13.6. The van der Waals surface area contributed by atoms with Crippen molar-refractivity contribution in [1.29, 1.82) is 0 Å². The van der Waals surface area contributed by atoms with Gasteiger partial charge in [0.05, 0.1) is 5.69 Å². The minimum absolute atomic E-state index is 0.0143. The first-order valence-electron chi connectivity index (χ1n) is 6.46. The Morgan fingerprint density at radius 1 is 1.33 bits per heavy atom. The molecule has 0 unspecified atom stereocenters. The molecule has 0 aliphatic carbocycles. The molecule has 0 bridgehead atoms. The average molecular weight is 384 g/mol. The van der Waals surface area contributed by atoms with Gasteiger partial charge in [-0.15, -0.1) is 0 Å². The van der Waals surface area contributed by atoms with Crippen molar-refractivity contribution in [3.05, 3.63) is 28.2 Å². The van der Waals surface area contributed by atoms with Crippen molar-refractivity contribution in [3.8, 4) is 0 Å². The summed E-state index contributed by atoms with van der Waals surface area (Å²) >= 11 is 2.95. The van der Waals surface area contributed by atoms with Crippen molar-refractivity contribution in [2.45, 2.75) is 12.8 Å².